The number of ether oxygens (including phenoxy) is 1. The number of hydrogen-bond donors (Lipinski definition) is 1. The van der Waals surface area contributed by atoms with Crippen LogP contribution in [-0.4, -0.2) is 6.04 Å². The number of rotatable bonds is 5. The summed E-state index contributed by atoms with van der Waals surface area (Å²) in [5.41, 5.74) is 6.71. The van der Waals surface area contributed by atoms with E-state index in [0.717, 1.165) is 12.0 Å². The van der Waals surface area contributed by atoms with Gasteiger partial charge >= 0.3 is 0 Å². The highest BCUT2D eigenvalue weighted by atomic mass is 35.5. The average Bonchev–Trinajstić information content (AvgIpc) is 2.42. The Balaban J connectivity index is 2.30. The van der Waals surface area contributed by atoms with Gasteiger partial charge in [0.05, 0.1) is 0 Å². The molecule has 0 aliphatic rings. The van der Waals surface area contributed by atoms with E-state index >= 15 is 0 Å². The van der Waals surface area contributed by atoms with Gasteiger partial charge < -0.3 is 10.5 Å². The molecular formula is C16H17ClFNO. The van der Waals surface area contributed by atoms with Crippen LogP contribution in [0.25, 0.3) is 0 Å². The standard InChI is InChI=1S/C16H17ClFNO/c1-2-13(19)9-11-5-3-8-15(18)16(11)20-14-7-4-6-12(17)10-14/h3-8,10,13H,2,9,19H2,1H3. The molecule has 2 rings (SSSR count). The Morgan fingerprint density at radius 2 is 2.00 bits per heavy atom. The first-order chi connectivity index (χ1) is 9.60. The molecule has 20 heavy (non-hydrogen) atoms. The molecule has 0 aliphatic heterocycles. The van der Waals surface area contributed by atoms with Crippen LogP contribution in [0.15, 0.2) is 42.5 Å². The Morgan fingerprint density at radius 1 is 1.25 bits per heavy atom. The fourth-order valence-corrected chi connectivity index (χ4v) is 2.08. The number of halogens is 2. The molecule has 0 fully saturated rings. The molecule has 0 amide bonds. The van der Waals surface area contributed by atoms with Gasteiger partial charge in [0, 0.05) is 11.1 Å². The monoisotopic (exact) mass is 293 g/mol. The van der Waals surface area contributed by atoms with E-state index in [2.05, 4.69) is 0 Å². The molecule has 2 aromatic carbocycles. The molecule has 0 aromatic heterocycles. The van der Waals surface area contributed by atoms with E-state index in [1.807, 2.05) is 13.0 Å². The second-order valence-electron chi connectivity index (χ2n) is 4.66. The molecule has 0 spiro atoms. The molecule has 0 aliphatic carbocycles. The third kappa shape index (κ3) is 3.71. The Hall–Kier alpha value is -1.58. The maximum absolute atomic E-state index is 14.0. The lowest BCUT2D eigenvalue weighted by Gasteiger charge is -2.15. The van der Waals surface area contributed by atoms with Crippen molar-refractivity contribution in [3.05, 3.63) is 58.9 Å². The van der Waals surface area contributed by atoms with E-state index in [0.29, 0.717) is 17.2 Å². The first-order valence-corrected chi connectivity index (χ1v) is 6.94. The lowest BCUT2D eigenvalue weighted by Crippen LogP contribution is -2.21. The van der Waals surface area contributed by atoms with Gasteiger partial charge in [-0.25, -0.2) is 4.39 Å². The summed E-state index contributed by atoms with van der Waals surface area (Å²) in [6, 6.07) is 11.7. The van der Waals surface area contributed by atoms with Crippen molar-refractivity contribution in [3.63, 3.8) is 0 Å². The first kappa shape index (κ1) is 14.8. The quantitative estimate of drug-likeness (QED) is 0.877. The SMILES string of the molecule is CCC(N)Cc1cccc(F)c1Oc1cccc(Cl)c1. The van der Waals surface area contributed by atoms with Crippen molar-refractivity contribution in [2.24, 2.45) is 5.73 Å². The Bertz CT molecular complexity index is 588. The van der Waals surface area contributed by atoms with Crippen LogP contribution in [-0.2, 0) is 6.42 Å². The summed E-state index contributed by atoms with van der Waals surface area (Å²) >= 11 is 5.90. The predicted octanol–water partition coefficient (Wildman–Crippen LogP) is 4.55. The number of hydrogen-bond acceptors (Lipinski definition) is 2. The van der Waals surface area contributed by atoms with Crippen LogP contribution < -0.4 is 10.5 Å². The molecule has 0 heterocycles. The summed E-state index contributed by atoms with van der Waals surface area (Å²) in [5, 5.41) is 0.547. The summed E-state index contributed by atoms with van der Waals surface area (Å²) in [6.45, 7) is 2.00. The van der Waals surface area contributed by atoms with Gasteiger partial charge in [-0.3, -0.25) is 0 Å². The van der Waals surface area contributed by atoms with Gasteiger partial charge in [-0.15, -0.1) is 0 Å². The van der Waals surface area contributed by atoms with E-state index in [4.69, 9.17) is 22.1 Å². The van der Waals surface area contributed by atoms with E-state index in [9.17, 15) is 4.39 Å². The third-order valence-electron chi connectivity index (χ3n) is 3.07. The molecule has 1 atom stereocenters. The molecule has 0 radical (unpaired) electrons. The second-order valence-corrected chi connectivity index (χ2v) is 5.10. The smallest absolute Gasteiger partial charge is 0.166 e. The first-order valence-electron chi connectivity index (χ1n) is 6.56. The van der Waals surface area contributed by atoms with E-state index in [1.54, 1.807) is 30.3 Å². The van der Waals surface area contributed by atoms with Crippen molar-refractivity contribution in [2.75, 3.05) is 0 Å². The Kier molecular flexibility index (Phi) is 4.99. The zero-order valence-corrected chi connectivity index (χ0v) is 12.0. The Labute approximate surface area is 123 Å². The van der Waals surface area contributed by atoms with Crippen molar-refractivity contribution < 1.29 is 9.13 Å². The van der Waals surface area contributed by atoms with Crippen LogP contribution in [0.1, 0.15) is 18.9 Å². The number of para-hydroxylation sites is 1. The van der Waals surface area contributed by atoms with Crippen LogP contribution >= 0.6 is 11.6 Å². The highest BCUT2D eigenvalue weighted by Gasteiger charge is 2.13. The van der Waals surface area contributed by atoms with Crippen molar-refractivity contribution >= 4 is 11.6 Å². The topological polar surface area (TPSA) is 35.2 Å². The van der Waals surface area contributed by atoms with Gasteiger partial charge in [-0.2, -0.15) is 0 Å². The summed E-state index contributed by atoms with van der Waals surface area (Å²) < 4.78 is 19.6. The molecule has 106 valence electrons. The predicted molar refractivity (Wildman–Crippen MR) is 79.9 cm³/mol. The number of nitrogens with two attached hydrogens (primary N) is 1. The zero-order chi connectivity index (χ0) is 14.5. The number of benzene rings is 2. The van der Waals surface area contributed by atoms with Crippen LogP contribution in [0.4, 0.5) is 4.39 Å². The zero-order valence-electron chi connectivity index (χ0n) is 11.3. The van der Waals surface area contributed by atoms with Crippen molar-refractivity contribution in [2.45, 2.75) is 25.8 Å². The van der Waals surface area contributed by atoms with Crippen LogP contribution in [0, 0.1) is 5.82 Å². The van der Waals surface area contributed by atoms with Gasteiger partial charge in [0.15, 0.2) is 11.6 Å². The van der Waals surface area contributed by atoms with E-state index < -0.39 is 5.82 Å². The molecule has 2 N–H and O–H groups in total. The molecule has 1 unspecified atom stereocenters. The second kappa shape index (κ2) is 6.73. The molecule has 2 aromatic rings. The van der Waals surface area contributed by atoms with E-state index in [1.165, 1.54) is 6.07 Å². The summed E-state index contributed by atoms with van der Waals surface area (Å²) in [4.78, 5) is 0. The summed E-state index contributed by atoms with van der Waals surface area (Å²) in [5.74, 6) is 0.332. The maximum atomic E-state index is 14.0. The lowest BCUT2D eigenvalue weighted by atomic mass is 10.0. The fraction of sp³-hybridized carbons (Fsp3) is 0.250. The minimum absolute atomic E-state index is 0.0153. The highest BCUT2D eigenvalue weighted by Crippen LogP contribution is 2.30. The van der Waals surface area contributed by atoms with Crippen molar-refractivity contribution in [1.29, 1.82) is 0 Å². The van der Waals surface area contributed by atoms with Gasteiger partial charge in [0.1, 0.15) is 5.75 Å². The molecule has 2 nitrogen and oxygen atoms in total. The minimum Gasteiger partial charge on any atom is -0.454 e. The van der Waals surface area contributed by atoms with Crippen molar-refractivity contribution in [3.8, 4) is 11.5 Å². The van der Waals surface area contributed by atoms with Crippen molar-refractivity contribution in [1.82, 2.24) is 0 Å². The fourth-order valence-electron chi connectivity index (χ4n) is 1.90. The maximum Gasteiger partial charge on any atom is 0.166 e. The molecular weight excluding hydrogens is 277 g/mol. The summed E-state index contributed by atoms with van der Waals surface area (Å²) in [7, 11) is 0. The third-order valence-corrected chi connectivity index (χ3v) is 3.31. The minimum atomic E-state index is -0.397. The lowest BCUT2D eigenvalue weighted by molar-refractivity contribution is 0.433. The summed E-state index contributed by atoms with van der Waals surface area (Å²) in [6.07, 6.45) is 1.40. The normalized spacial score (nSPS) is 12.2. The Morgan fingerprint density at radius 3 is 2.70 bits per heavy atom. The van der Waals surface area contributed by atoms with Gasteiger partial charge in [0.25, 0.3) is 0 Å². The highest BCUT2D eigenvalue weighted by molar-refractivity contribution is 6.30. The van der Waals surface area contributed by atoms with Gasteiger partial charge in [-0.05, 0) is 42.7 Å². The van der Waals surface area contributed by atoms with Gasteiger partial charge in [-0.1, -0.05) is 36.7 Å². The van der Waals surface area contributed by atoms with Crippen LogP contribution in [0.2, 0.25) is 5.02 Å². The molecule has 0 saturated heterocycles. The van der Waals surface area contributed by atoms with Gasteiger partial charge in [0.2, 0.25) is 0 Å². The van der Waals surface area contributed by atoms with E-state index in [-0.39, 0.29) is 11.8 Å². The van der Waals surface area contributed by atoms with Crippen LogP contribution in [0.3, 0.4) is 0 Å². The molecule has 0 saturated carbocycles. The average molecular weight is 294 g/mol. The van der Waals surface area contributed by atoms with Crippen LogP contribution in [0.5, 0.6) is 11.5 Å². The molecule has 0 bridgehead atoms. The molecule has 4 heteroatoms. The largest absolute Gasteiger partial charge is 0.454 e.